The molecule has 3 heteroatoms. The fourth-order valence-corrected chi connectivity index (χ4v) is 2.24. The summed E-state index contributed by atoms with van der Waals surface area (Å²) in [7, 11) is 0. The Morgan fingerprint density at radius 2 is 2.00 bits per heavy atom. The van der Waals surface area contributed by atoms with Gasteiger partial charge in [-0.15, -0.1) is 0 Å². The van der Waals surface area contributed by atoms with Gasteiger partial charge in [-0.05, 0) is 35.6 Å². The Bertz CT molecular complexity index is 312. The maximum atomic E-state index is 13.5. The number of benzene rings is 1. The predicted octanol–water partition coefficient (Wildman–Crippen LogP) is 4.72. The summed E-state index contributed by atoms with van der Waals surface area (Å²) in [4.78, 5) is 0. The second-order valence-corrected chi connectivity index (χ2v) is 5.15. The molecule has 0 amide bonds. The first-order valence-corrected chi connectivity index (χ1v) is 6.48. The Labute approximate surface area is 101 Å². The maximum absolute atomic E-state index is 13.5. The third-order valence-electron chi connectivity index (χ3n) is 2.55. The van der Waals surface area contributed by atoms with E-state index in [0.29, 0.717) is 5.92 Å². The molecule has 2 atom stereocenters. The van der Waals surface area contributed by atoms with Crippen molar-refractivity contribution in [1.82, 2.24) is 0 Å². The van der Waals surface area contributed by atoms with E-state index in [9.17, 15) is 4.39 Å². The smallest absolute Gasteiger partial charge is 0.126 e. The Balaban J connectivity index is 2.99. The average molecular weight is 324 g/mol. The van der Waals surface area contributed by atoms with Crippen LogP contribution in [-0.4, -0.2) is 5.33 Å². The van der Waals surface area contributed by atoms with Gasteiger partial charge in [0.05, 0.1) is 0 Å². The van der Waals surface area contributed by atoms with E-state index in [0.717, 1.165) is 15.4 Å². The summed E-state index contributed by atoms with van der Waals surface area (Å²) in [5, 5.41) is 0.889. The minimum Gasteiger partial charge on any atom is -0.207 e. The SMILES string of the molecule is CC(CBr)C(C)c1cc(Br)ccc1F. The monoisotopic (exact) mass is 322 g/mol. The Hall–Kier alpha value is 0.110. The van der Waals surface area contributed by atoms with Crippen LogP contribution in [0.5, 0.6) is 0 Å². The van der Waals surface area contributed by atoms with Gasteiger partial charge in [-0.1, -0.05) is 45.7 Å². The molecule has 2 unspecified atom stereocenters. The number of rotatable bonds is 3. The van der Waals surface area contributed by atoms with Crippen molar-refractivity contribution in [1.29, 1.82) is 0 Å². The van der Waals surface area contributed by atoms with Gasteiger partial charge in [0.25, 0.3) is 0 Å². The quantitative estimate of drug-likeness (QED) is 0.706. The fourth-order valence-electron chi connectivity index (χ4n) is 1.30. The molecule has 78 valence electrons. The summed E-state index contributed by atoms with van der Waals surface area (Å²) in [5.74, 6) is 0.541. The van der Waals surface area contributed by atoms with Gasteiger partial charge in [-0.25, -0.2) is 4.39 Å². The van der Waals surface area contributed by atoms with Crippen molar-refractivity contribution < 1.29 is 4.39 Å². The van der Waals surface area contributed by atoms with E-state index in [4.69, 9.17) is 0 Å². The summed E-state index contributed by atoms with van der Waals surface area (Å²) in [6.45, 7) is 4.16. The number of halogens is 3. The van der Waals surface area contributed by atoms with Gasteiger partial charge in [-0.2, -0.15) is 0 Å². The summed E-state index contributed by atoms with van der Waals surface area (Å²) >= 11 is 6.78. The van der Waals surface area contributed by atoms with Crippen molar-refractivity contribution in [3.8, 4) is 0 Å². The molecule has 1 aromatic carbocycles. The van der Waals surface area contributed by atoms with Crippen molar-refractivity contribution in [3.63, 3.8) is 0 Å². The van der Waals surface area contributed by atoms with E-state index in [-0.39, 0.29) is 11.7 Å². The van der Waals surface area contributed by atoms with Gasteiger partial charge in [0.2, 0.25) is 0 Å². The van der Waals surface area contributed by atoms with Crippen LogP contribution in [0.1, 0.15) is 25.3 Å². The highest BCUT2D eigenvalue weighted by Gasteiger charge is 2.16. The largest absolute Gasteiger partial charge is 0.207 e. The van der Waals surface area contributed by atoms with Gasteiger partial charge in [-0.3, -0.25) is 0 Å². The van der Waals surface area contributed by atoms with Gasteiger partial charge < -0.3 is 0 Å². The molecule has 0 heterocycles. The average Bonchev–Trinajstić information content (AvgIpc) is 2.19. The van der Waals surface area contributed by atoms with Crippen LogP contribution < -0.4 is 0 Å². The van der Waals surface area contributed by atoms with Crippen LogP contribution >= 0.6 is 31.9 Å². The molecule has 0 saturated heterocycles. The molecule has 0 nitrogen and oxygen atoms in total. The second kappa shape index (κ2) is 5.26. The molecule has 0 aliphatic carbocycles. The Kier molecular flexibility index (Phi) is 4.58. The minimum atomic E-state index is -0.117. The van der Waals surface area contributed by atoms with E-state index in [1.807, 2.05) is 6.07 Å². The standard InChI is InChI=1S/C11H13Br2F/c1-7(6-12)8(2)10-5-9(13)3-4-11(10)14/h3-5,7-8H,6H2,1-2H3. The summed E-state index contributed by atoms with van der Waals surface area (Å²) in [6.07, 6.45) is 0. The van der Waals surface area contributed by atoms with Crippen LogP contribution in [0.25, 0.3) is 0 Å². The Morgan fingerprint density at radius 3 is 2.57 bits per heavy atom. The highest BCUT2D eigenvalue weighted by atomic mass is 79.9. The zero-order chi connectivity index (χ0) is 10.7. The number of alkyl halides is 1. The minimum absolute atomic E-state index is 0.117. The molecular weight excluding hydrogens is 311 g/mol. The molecule has 14 heavy (non-hydrogen) atoms. The van der Waals surface area contributed by atoms with Crippen LogP contribution in [0.4, 0.5) is 4.39 Å². The molecule has 0 aliphatic rings. The topological polar surface area (TPSA) is 0 Å². The highest BCUT2D eigenvalue weighted by Crippen LogP contribution is 2.29. The van der Waals surface area contributed by atoms with Crippen LogP contribution in [0.3, 0.4) is 0 Å². The lowest BCUT2D eigenvalue weighted by Crippen LogP contribution is -2.09. The molecule has 1 aromatic rings. The van der Waals surface area contributed by atoms with Crippen molar-refractivity contribution in [2.75, 3.05) is 5.33 Å². The first-order valence-electron chi connectivity index (χ1n) is 4.57. The second-order valence-electron chi connectivity index (χ2n) is 3.59. The molecule has 0 spiro atoms. The fraction of sp³-hybridized carbons (Fsp3) is 0.455. The number of hydrogen-bond acceptors (Lipinski definition) is 0. The van der Waals surface area contributed by atoms with Crippen molar-refractivity contribution in [2.45, 2.75) is 19.8 Å². The van der Waals surface area contributed by atoms with Crippen LogP contribution in [0.2, 0.25) is 0 Å². The lowest BCUT2D eigenvalue weighted by molar-refractivity contribution is 0.509. The van der Waals surface area contributed by atoms with Crippen molar-refractivity contribution in [2.24, 2.45) is 5.92 Å². The zero-order valence-corrected chi connectivity index (χ0v) is 11.4. The van der Waals surface area contributed by atoms with E-state index in [2.05, 4.69) is 45.7 Å². The number of hydrogen-bond donors (Lipinski definition) is 0. The van der Waals surface area contributed by atoms with E-state index in [1.165, 1.54) is 6.07 Å². The molecule has 0 fully saturated rings. The van der Waals surface area contributed by atoms with Crippen molar-refractivity contribution in [3.05, 3.63) is 34.1 Å². The lowest BCUT2D eigenvalue weighted by atomic mass is 9.90. The first kappa shape index (κ1) is 12.2. The van der Waals surface area contributed by atoms with Gasteiger partial charge >= 0.3 is 0 Å². The highest BCUT2D eigenvalue weighted by molar-refractivity contribution is 9.10. The normalized spacial score (nSPS) is 15.2. The summed E-state index contributed by atoms with van der Waals surface area (Å²) in [6, 6.07) is 5.10. The van der Waals surface area contributed by atoms with Crippen LogP contribution in [0.15, 0.2) is 22.7 Å². The molecule has 0 aliphatic heterocycles. The molecule has 0 saturated carbocycles. The maximum Gasteiger partial charge on any atom is 0.126 e. The third-order valence-corrected chi connectivity index (χ3v) is 4.06. The molecule has 1 rings (SSSR count). The van der Waals surface area contributed by atoms with Gasteiger partial charge in [0.1, 0.15) is 5.82 Å². The summed E-state index contributed by atoms with van der Waals surface area (Å²) < 4.78 is 14.4. The van der Waals surface area contributed by atoms with E-state index < -0.39 is 0 Å². The van der Waals surface area contributed by atoms with E-state index >= 15 is 0 Å². The molecule has 0 radical (unpaired) electrons. The van der Waals surface area contributed by atoms with Crippen LogP contribution in [0, 0.1) is 11.7 Å². The molecule has 0 aromatic heterocycles. The third kappa shape index (κ3) is 2.80. The summed E-state index contributed by atoms with van der Waals surface area (Å²) in [5.41, 5.74) is 0.784. The van der Waals surface area contributed by atoms with Crippen LogP contribution in [-0.2, 0) is 0 Å². The van der Waals surface area contributed by atoms with Gasteiger partial charge in [0, 0.05) is 9.80 Å². The van der Waals surface area contributed by atoms with Gasteiger partial charge in [0.15, 0.2) is 0 Å². The zero-order valence-electron chi connectivity index (χ0n) is 8.23. The molecule has 0 bridgehead atoms. The van der Waals surface area contributed by atoms with E-state index in [1.54, 1.807) is 6.07 Å². The molecule has 0 N–H and O–H groups in total. The predicted molar refractivity (Wildman–Crippen MR) is 65.5 cm³/mol. The van der Waals surface area contributed by atoms with Crippen molar-refractivity contribution >= 4 is 31.9 Å². The first-order chi connectivity index (χ1) is 6.56. The Morgan fingerprint density at radius 1 is 1.36 bits per heavy atom. The molecular formula is C11H13Br2F. The lowest BCUT2D eigenvalue weighted by Gasteiger charge is -2.18.